The number of alkyl halides is 1. The summed E-state index contributed by atoms with van der Waals surface area (Å²) in [4.78, 5) is 15.8. The summed E-state index contributed by atoms with van der Waals surface area (Å²) in [5, 5.41) is 9.77. The molecule has 0 saturated carbocycles. The van der Waals surface area contributed by atoms with Crippen LogP contribution in [0.15, 0.2) is 42.5 Å². The van der Waals surface area contributed by atoms with Crippen LogP contribution >= 0.6 is 0 Å². The highest BCUT2D eigenvalue weighted by atomic mass is 19.1. The molecule has 2 N–H and O–H groups in total. The molecule has 0 aliphatic carbocycles. The Morgan fingerprint density at radius 1 is 1.25 bits per heavy atom. The molecule has 1 fully saturated rings. The van der Waals surface area contributed by atoms with Crippen molar-refractivity contribution in [2.45, 2.75) is 18.1 Å². The summed E-state index contributed by atoms with van der Waals surface area (Å²) in [7, 11) is 0. The number of H-pyrrole nitrogens is 1. The van der Waals surface area contributed by atoms with Crippen LogP contribution < -0.4 is 0 Å². The average Bonchev–Trinajstić information content (AvgIpc) is 3.10. The Labute approximate surface area is 182 Å². The van der Waals surface area contributed by atoms with Crippen molar-refractivity contribution >= 4 is 22.9 Å². The number of carboxylic acids is 1. The third-order valence-electron chi connectivity index (χ3n) is 6.14. The fraction of sp³-hybridized carbons (Fsp3) is 0.292. The summed E-state index contributed by atoms with van der Waals surface area (Å²) in [6.45, 7) is 0.343. The maximum atomic E-state index is 15.3. The molecule has 0 unspecified atom stereocenters. The summed E-state index contributed by atoms with van der Waals surface area (Å²) in [6.07, 6.45) is 2.57. The van der Waals surface area contributed by atoms with Gasteiger partial charge in [0.05, 0.1) is 19.3 Å². The van der Waals surface area contributed by atoms with Crippen LogP contribution in [0.25, 0.3) is 17.0 Å². The van der Waals surface area contributed by atoms with Crippen molar-refractivity contribution in [2.24, 2.45) is 0 Å². The third-order valence-corrected chi connectivity index (χ3v) is 6.14. The lowest BCUT2D eigenvalue weighted by molar-refractivity contribution is -0.144. The number of nitrogens with one attached hydrogen (secondary N) is 1. The van der Waals surface area contributed by atoms with Crippen molar-refractivity contribution in [1.82, 2.24) is 9.88 Å². The minimum Gasteiger partial charge on any atom is -0.478 e. The highest BCUT2D eigenvalue weighted by molar-refractivity contribution is 5.86. The van der Waals surface area contributed by atoms with Crippen LogP contribution in [0.3, 0.4) is 0 Å². The summed E-state index contributed by atoms with van der Waals surface area (Å²) in [5.74, 6) is -2.84. The molecule has 3 heterocycles. The number of para-hydroxylation sites is 1. The average molecular weight is 442 g/mol. The smallest absolute Gasteiger partial charge is 0.328 e. The van der Waals surface area contributed by atoms with Gasteiger partial charge in [0.1, 0.15) is 11.6 Å². The van der Waals surface area contributed by atoms with Gasteiger partial charge in [-0.1, -0.05) is 18.2 Å². The van der Waals surface area contributed by atoms with Gasteiger partial charge in [0.25, 0.3) is 0 Å². The van der Waals surface area contributed by atoms with Gasteiger partial charge in [-0.2, -0.15) is 0 Å². The molecule has 5 nitrogen and oxygen atoms in total. The lowest BCUT2D eigenvalue weighted by Crippen LogP contribution is -2.55. The molecule has 1 atom stereocenters. The van der Waals surface area contributed by atoms with E-state index in [4.69, 9.17) is 9.84 Å². The molecule has 0 spiro atoms. The van der Waals surface area contributed by atoms with Crippen LogP contribution in [-0.2, 0) is 16.0 Å². The SMILES string of the molecule is O=C(O)/C=C/c1cc(F)c([C@@H]2c3[nH]c4ccccc4c3CCN2CC2(F)COC2)c(F)c1. The number of hydrogen-bond donors (Lipinski definition) is 2. The van der Waals surface area contributed by atoms with Crippen molar-refractivity contribution in [3.8, 4) is 0 Å². The Balaban J connectivity index is 1.63. The van der Waals surface area contributed by atoms with Crippen molar-refractivity contribution in [2.75, 3.05) is 26.3 Å². The van der Waals surface area contributed by atoms with Gasteiger partial charge in [-0.15, -0.1) is 0 Å². The van der Waals surface area contributed by atoms with Gasteiger partial charge in [0, 0.05) is 41.3 Å². The topological polar surface area (TPSA) is 65.6 Å². The van der Waals surface area contributed by atoms with E-state index in [0.717, 1.165) is 40.8 Å². The molecule has 0 amide bonds. The van der Waals surface area contributed by atoms with E-state index in [1.54, 1.807) is 4.90 Å². The van der Waals surface area contributed by atoms with Crippen molar-refractivity contribution in [3.63, 3.8) is 0 Å². The standard InChI is InChI=1S/C24H21F3N2O3/c25-17-9-14(5-6-20(30)31)10-18(26)21(17)23-22-16(15-3-1-2-4-19(15)28-22)7-8-29(23)11-24(27)12-32-13-24/h1-6,9-10,23,28H,7-8,11-13H2,(H,30,31)/b6-5+/t23-/m1/s1. The predicted octanol–water partition coefficient (Wildman–Crippen LogP) is 4.23. The van der Waals surface area contributed by atoms with Gasteiger partial charge in [-0.25, -0.2) is 18.0 Å². The van der Waals surface area contributed by atoms with E-state index in [9.17, 15) is 9.18 Å². The molecule has 3 aromatic rings. The van der Waals surface area contributed by atoms with Crippen LogP contribution in [0.1, 0.15) is 28.4 Å². The molecule has 2 aliphatic heterocycles. The number of rotatable bonds is 5. The molecular formula is C24H21F3N2O3. The number of ether oxygens (including phenoxy) is 1. The molecule has 1 aromatic heterocycles. The van der Waals surface area contributed by atoms with Crippen LogP contribution in [0.4, 0.5) is 13.2 Å². The molecule has 8 heteroatoms. The van der Waals surface area contributed by atoms with Crippen molar-refractivity contribution in [1.29, 1.82) is 0 Å². The van der Waals surface area contributed by atoms with E-state index in [-0.39, 0.29) is 30.9 Å². The Morgan fingerprint density at radius 3 is 2.62 bits per heavy atom. The van der Waals surface area contributed by atoms with Gasteiger partial charge in [-0.05, 0) is 41.8 Å². The molecule has 2 aromatic carbocycles. The molecule has 1 saturated heterocycles. The van der Waals surface area contributed by atoms with Crippen LogP contribution in [0, 0.1) is 11.6 Å². The second-order valence-corrected chi connectivity index (χ2v) is 8.40. The summed E-state index contributed by atoms with van der Waals surface area (Å²) >= 11 is 0. The molecule has 5 rings (SSSR count). The first-order valence-corrected chi connectivity index (χ1v) is 10.3. The van der Waals surface area contributed by atoms with E-state index in [0.29, 0.717) is 18.7 Å². The van der Waals surface area contributed by atoms with Gasteiger partial charge in [0.15, 0.2) is 5.67 Å². The zero-order valence-corrected chi connectivity index (χ0v) is 17.1. The maximum Gasteiger partial charge on any atom is 0.328 e. The maximum absolute atomic E-state index is 15.3. The Kier molecular flexibility index (Phi) is 5.06. The van der Waals surface area contributed by atoms with Crippen LogP contribution in [0.5, 0.6) is 0 Å². The summed E-state index contributed by atoms with van der Waals surface area (Å²) in [5.41, 5.74) is 0.821. The second kappa shape index (κ2) is 7.79. The third kappa shape index (κ3) is 3.59. The Bertz CT molecular complexity index is 1210. The zero-order valence-electron chi connectivity index (χ0n) is 17.1. The minimum absolute atomic E-state index is 0.00792. The Morgan fingerprint density at radius 2 is 1.97 bits per heavy atom. The number of halogens is 3. The van der Waals surface area contributed by atoms with Crippen LogP contribution in [-0.4, -0.2) is 52.9 Å². The molecule has 2 aliphatic rings. The first-order chi connectivity index (χ1) is 15.3. The van der Waals surface area contributed by atoms with Gasteiger partial charge >= 0.3 is 5.97 Å². The number of aromatic nitrogens is 1. The molecule has 0 radical (unpaired) electrons. The van der Waals surface area contributed by atoms with Gasteiger partial charge in [0.2, 0.25) is 0 Å². The van der Waals surface area contributed by atoms with Crippen molar-refractivity contribution < 1.29 is 27.8 Å². The van der Waals surface area contributed by atoms with E-state index >= 15 is 8.78 Å². The lowest BCUT2D eigenvalue weighted by atomic mass is 9.89. The highest BCUT2D eigenvalue weighted by Gasteiger charge is 2.44. The monoisotopic (exact) mass is 442 g/mol. The molecule has 166 valence electrons. The normalized spacial score (nSPS) is 20.4. The number of hydrogen-bond acceptors (Lipinski definition) is 3. The van der Waals surface area contributed by atoms with E-state index in [1.165, 1.54) is 0 Å². The quantitative estimate of drug-likeness (QED) is 0.581. The number of carbonyl (C=O) groups is 1. The first-order valence-electron chi connectivity index (χ1n) is 10.3. The van der Waals surface area contributed by atoms with E-state index in [2.05, 4.69) is 4.98 Å². The molecular weight excluding hydrogens is 421 g/mol. The van der Waals surface area contributed by atoms with Crippen LogP contribution in [0.2, 0.25) is 0 Å². The minimum atomic E-state index is -1.56. The zero-order chi connectivity index (χ0) is 22.5. The number of carboxylic acid groups (broad SMARTS) is 1. The molecule has 0 bridgehead atoms. The summed E-state index contributed by atoms with van der Waals surface area (Å²) < 4.78 is 50.6. The van der Waals surface area contributed by atoms with Gasteiger partial charge in [-0.3, -0.25) is 4.90 Å². The largest absolute Gasteiger partial charge is 0.478 e. The fourth-order valence-corrected chi connectivity index (χ4v) is 4.70. The highest BCUT2D eigenvalue weighted by Crippen LogP contribution is 2.42. The fourth-order valence-electron chi connectivity index (χ4n) is 4.70. The Hall–Kier alpha value is -3.10. The number of aromatic amines is 1. The number of nitrogens with zero attached hydrogens (tertiary/aromatic N) is 1. The number of aliphatic carboxylic acids is 1. The molecule has 32 heavy (non-hydrogen) atoms. The van der Waals surface area contributed by atoms with Gasteiger partial charge < -0.3 is 14.8 Å². The van der Waals surface area contributed by atoms with Crippen molar-refractivity contribution in [3.05, 3.63) is 76.5 Å². The summed E-state index contributed by atoms with van der Waals surface area (Å²) in [6, 6.07) is 9.00. The number of fused-ring (bicyclic) bond motifs is 3. The lowest BCUT2D eigenvalue weighted by Gasteiger charge is -2.43. The van der Waals surface area contributed by atoms with E-state index in [1.807, 2.05) is 24.3 Å². The van der Waals surface area contributed by atoms with E-state index < -0.39 is 29.3 Å². The predicted molar refractivity (Wildman–Crippen MR) is 113 cm³/mol. The first kappa shape index (κ1) is 20.8. The second-order valence-electron chi connectivity index (χ2n) is 8.40. The number of benzene rings is 2.